The molecule has 1 N–H and O–H groups in total. The van der Waals surface area contributed by atoms with Gasteiger partial charge in [-0.15, -0.1) is 23.1 Å². The van der Waals surface area contributed by atoms with Crippen molar-refractivity contribution in [1.82, 2.24) is 9.88 Å². The molecule has 0 radical (unpaired) electrons. The monoisotopic (exact) mass is 605 g/mol. The number of benzene rings is 3. The lowest BCUT2D eigenvalue weighted by molar-refractivity contribution is -0.137. The van der Waals surface area contributed by atoms with E-state index in [-0.39, 0.29) is 18.8 Å². The standard InChI is InChI=1S/C31H31N3O6S2/c1-18-14-20(10-13-25(18)40-27(19(2)34(3)4)21-8-6-5-7-9-21)16-38-31(37)39-22-11-12-23-26(15-22)42-29(32-23)28-33-24(17-41-28)30(35)36/h5-15,19,24,27H,16-17H2,1-4H3,(H,35,36)/t19?,24-,27?/m1/s1. The predicted octanol–water partition coefficient (Wildman–Crippen LogP) is 6.34. The Balaban J connectivity index is 1.20. The fourth-order valence-corrected chi connectivity index (χ4v) is 6.47. The Morgan fingerprint density at radius 1 is 1.10 bits per heavy atom. The maximum atomic E-state index is 12.5. The van der Waals surface area contributed by atoms with Crippen molar-refractivity contribution in [3.05, 3.63) is 88.4 Å². The number of hydrogen-bond donors (Lipinski definition) is 1. The number of aliphatic imine (C=N–C) groups is 1. The fraction of sp³-hybridized carbons (Fsp3) is 0.290. The van der Waals surface area contributed by atoms with Crippen molar-refractivity contribution in [2.24, 2.45) is 4.99 Å². The molecule has 1 aliphatic heterocycles. The van der Waals surface area contributed by atoms with Gasteiger partial charge >= 0.3 is 12.1 Å². The largest absolute Gasteiger partial charge is 0.514 e. The summed E-state index contributed by atoms with van der Waals surface area (Å²) in [6.45, 7) is 4.15. The first kappa shape index (κ1) is 29.6. The second-order valence-corrected chi connectivity index (χ2v) is 12.2. The van der Waals surface area contributed by atoms with E-state index in [1.54, 1.807) is 18.2 Å². The lowest BCUT2D eigenvalue weighted by Gasteiger charge is -2.30. The number of aliphatic carboxylic acids is 1. The molecule has 5 rings (SSSR count). The van der Waals surface area contributed by atoms with Crippen LogP contribution in [0.2, 0.25) is 0 Å². The van der Waals surface area contributed by atoms with Gasteiger partial charge in [0.1, 0.15) is 34.3 Å². The topological polar surface area (TPSA) is 111 Å². The maximum absolute atomic E-state index is 12.5. The zero-order valence-corrected chi connectivity index (χ0v) is 25.3. The Labute approximate surface area is 252 Å². The van der Waals surface area contributed by atoms with Crippen LogP contribution in [0.3, 0.4) is 0 Å². The molecule has 3 atom stereocenters. The van der Waals surface area contributed by atoms with Crippen molar-refractivity contribution in [1.29, 1.82) is 0 Å². The number of carbonyl (C=O) groups is 2. The Hall–Kier alpha value is -3.93. The van der Waals surface area contributed by atoms with Crippen molar-refractivity contribution in [3.63, 3.8) is 0 Å². The molecule has 0 fully saturated rings. The number of thioether (sulfide) groups is 1. The highest BCUT2D eigenvalue weighted by atomic mass is 32.2. The number of carbonyl (C=O) groups excluding carboxylic acids is 1. The predicted molar refractivity (Wildman–Crippen MR) is 165 cm³/mol. The quantitative estimate of drug-likeness (QED) is 0.164. The van der Waals surface area contributed by atoms with Crippen molar-refractivity contribution in [3.8, 4) is 11.5 Å². The minimum atomic E-state index is -0.946. The minimum Gasteiger partial charge on any atom is -0.484 e. The number of fused-ring (bicyclic) bond motifs is 1. The van der Waals surface area contributed by atoms with Crippen molar-refractivity contribution in [2.75, 3.05) is 19.8 Å². The van der Waals surface area contributed by atoms with Crippen LogP contribution in [0, 0.1) is 6.92 Å². The Morgan fingerprint density at radius 2 is 1.88 bits per heavy atom. The van der Waals surface area contributed by atoms with Gasteiger partial charge in [-0.2, -0.15) is 0 Å². The van der Waals surface area contributed by atoms with E-state index in [1.807, 2.05) is 57.4 Å². The zero-order valence-electron chi connectivity index (χ0n) is 23.6. The van der Waals surface area contributed by atoms with Crippen LogP contribution in [0.5, 0.6) is 11.5 Å². The van der Waals surface area contributed by atoms with Gasteiger partial charge in [0, 0.05) is 17.9 Å². The first-order valence-corrected chi connectivity index (χ1v) is 15.1. The molecule has 0 spiro atoms. The molecule has 0 aliphatic carbocycles. The summed E-state index contributed by atoms with van der Waals surface area (Å²) >= 11 is 2.74. The van der Waals surface area contributed by atoms with Gasteiger partial charge in [0.2, 0.25) is 0 Å². The van der Waals surface area contributed by atoms with Gasteiger partial charge in [-0.25, -0.2) is 14.6 Å². The molecule has 42 heavy (non-hydrogen) atoms. The molecule has 0 saturated carbocycles. The lowest BCUT2D eigenvalue weighted by atomic mass is 10.0. The Kier molecular flexibility index (Phi) is 9.10. The summed E-state index contributed by atoms with van der Waals surface area (Å²) in [5, 5.41) is 10.4. The van der Waals surface area contributed by atoms with Crippen LogP contribution in [0.1, 0.15) is 34.7 Å². The molecule has 1 aliphatic rings. The summed E-state index contributed by atoms with van der Waals surface area (Å²) < 4.78 is 18.1. The number of aryl methyl sites for hydroxylation is 1. The number of ether oxygens (including phenoxy) is 3. The number of nitrogens with zero attached hydrogens (tertiary/aromatic N) is 3. The van der Waals surface area contributed by atoms with Gasteiger partial charge in [0.05, 0.1) is 10.2 Å². The van der Waals surface area contributed by atoms with E-state index in [9.17, 15) is 14.7 Å². The van der Waals surface area contributed by atoms with Crippen LogP contribution in [0.25, 0.3) is 10.2 Å². The highest BCUT2D eigenvalue weighted by Crippen LogP contribution is 2.32. The smallest absolute Gasteiger partial charge is 0.484 e. The van der Waals surface area contributed by atoms with Crippen LogP contribution in [0.4, 0.5) is 4.79 Å². The molecule has 11 heteroatoms. The van der Waals surface area contributed by atoms with Crippen LogP contribution in [0.15, 0.2) is 71.7 Å². The van der Waals surface area contributed by atoms with Gasteiger partial charge in [0.25, 0.3) is 0 Å². The molecule has 2 heterocycles. The average Bonchev–Trinajstić information content (AvgIpc) is 3.63. The number of rotatable bonds is 10. The van der Waals surface area contributed by atoms with Crippen LogP contribution in [-0.2, 0) is 16.1 Å². The molecule has 3 aromatic carbocycles. The van der Waals surface area contributed by atoms with Crippen molar-refractivity contribution < 1.29 is 28.9 Å². The van der Waals surface area contributed by atoms with E-state index >= 15 is 0 Å². The molecule has 1 aromatic heterocycles. The van der Waals surface area contributed by atoms with Crippen LogP contribution < -0.4 is 9.47 Å². The van der Waals surface area contributed by atoms with E-state index in [0.29, 0.717) is 27.1 Å². The first-order chi connectivity index (χ1) is 20.2. The normalized spacial score (nSPS) is 16.2. The van der Waals surface area contributed by atoms with Gasteiger partial charge < -0.3 is 24.2 Å². The lowest BCUT2D eigenvalue weighted by Crippen LogP contribution is -2.34. The zero-order chi connectivity index (χ0) is 29.8. The first-order valence-electron chi connectivity index (χ1n) is 13.3. The van der Waals surface area contributed by atoms with E-state index in [2.05, 4.69) is 33.9 Å². The summed E-state index contributed by atoms with van der Waals surface area (Å²) in [5.74, 6) is 0.536. The number of carboxylic acid groups (broad SMARTS) is 1. The summed E-state index contributed by atoms with van der Waals surface area (Å²) in [6, 6.07) is 20.3. The molecule has 4 aromatic rings. The molecule has 0 amide bonds. The summed E-state index contributed by atoms with van der Waals surface area (Å²) in [6.07, 6.45) is -0.975. The summed E-state index contributed by atoms with van der Waals surface area (Å²) in [4.78, 5) is 34.6. The van der Waals surface area contributed by atoms with E-state index in [1.165, 1.54) is 23.1 Å². The van der Waals surface area contributed by atoms with E-state index in [0.717, 1.165) is 27.1 Å². The molecular formula is C31H31N3O6S2. The number of hydrogen-bond acceptors (Lipinski definition) is 10. The van der Waals surface area contributed by atoms with Crippen molar-refractivity contribution >= 4 is 50.5 Å². The summed E-state index contributed by atoms with van der Waals surface area (Å²) in [7, 11) is 4.07. The Bertz CT molecular complexity index is 1620. The minimum absolute atomic E-state index is 0.0465. The van der Waals surface area contributed by atoms with Gasteiger partial charge in [-0.3, -0.25) is 4.99 Å². The maximum Gasteiger partial charge on any atom is 0.514 e. The van der Waals surface area contributed by atoms with Crippen LogP contribution >= 0.6 is 23.1 Å². The summed E-state index contributed by atoms with van der Waals surface area (Å²) in [5.41, 5.74) is 3.55. The second-order valence-electron chi connectivity index (χ2n) is 10.1. The fourth-order valence-electron chi connectivity index (χ4n) is 4.37. The molecule has 0 bridgehead atoms. The molecule has 0 saturated heterocycles. The van der Waals surface area contributed by atoms with Gasteiger partial charge in [-0.05, 0) is 68.9 Å². The molecule has 2 unspecified atom stereocenters. The highest BCUT2D eigenvalue weighted by Gasteiger charge is 2.27. The third-order valence-electron chi connectivity index (χ3n) is 6.91. The number of likely N-dealkylation sites (N-methyl/N-ethyl adjacent to an activating group) is 1. The Morgan fingerprint density at radius 3 is 2.57 bits per heavy atom. The van der Waals surface area contributed by atoms with E-state index < -0.39 is 18.2 Å². The average molecular weight is 606 g/mol. The highest BCUT2D eigenvalue weighted by molar-refractivity contribution is 8.15. The number of carboxylic acids is 1. The molecular weight excluding hydrogens is 574 g/mol. The molecule has 9 nitrogen and oxygen atoms in total. The SMILES string of the molecule is Cc1cc(COC(=O)Oc2ccc3nc(C4=N[C@@H](C(=O)O)CS4)sc3c2)ccc1OC(c1ccccc1)C(C)N(C)C. The molecule has 218 valence electrons. The van der Waals surface area contributed by atoms with Gasteiger partial charge in [0.15, 0.2) is 6.04 Å². The number of thiazole rings is 1. The van der Waals surface area contributed by atoms with E-state index in [4.69, 9.17) is 14.2 Å². The third kappa shape index (κ3) is 6.92. The van der Waals surface area contributed by atoms with Gasteiger partial charge in [-0.1, -0.05) is 36.4 Å². The number of aromatic nitrogens is 1. The second kappa shape index (κ2) is 12.9. The van der Waals surface area contributed by atoms with Crippen LogP contribution in [-0.4, -0.2) is 64.1 Å². The third-order valence-corrected chi connectivity index (χ3v) is 9.12. The van der Waals surface area contributed by atoms with Crippen molar-refractivity contribution in [2.45, 2.75) is 38.6 Å².